The molecule has 2 aromatic carbocycles. The number of nitrogens with two attached hydrogens (primary N) is 1. The van der Waals surface area contributed by atoms with E-state index in [0.717, 1.165) is 74.4 Å². The molecule has 2 aromatic heterocycles. The van der Waals surface area contributed by atoms with E-state index in [-0.39, 0.29) is 30.5 Å². The second kappa shape index (κ2) is 14.0. The zero-order valence-corrected chi connectivity index (χ0v) is 26.9. The molecule has 1 amide bonds. The summed E-state index contributed by atoms with van der Waals surface area (Å²) < 4.78 is 10.5. The van der Waals surface area contributed by atoms with Crippen LogP contribution in [0, 0.1) is 0 Å². The van der Waals surface area contributed by atoms with E-state index in [1.807, 2.05) is 6.07 Å². The van der Waals surface area contributed by atoms with Gasteiger partial charge in [0.25, 0.3) is 5.91 Å². The fourth-order valence-corrected chi connectivity index (χ4v) is 7.86. The summed E-state index contributed by atoms with van der Waals surface area (Å²) in [7, 11) is 0. The molecule has 0 radical (unpaired) electrons. The predicted octanol–water partition coefficient (Wildman–Crippen LogP) is 4.92. The van der Waals surface area contributed by atoms with Crippen molar-refractivity contribution in [3.05, 3.63) is 89.2 Å². The van der Waals surface area contributed by atoms with Gasteiger partial charge in [-0.05, 0) is 83.6 Å². The molecule has 0 unspecified atom stereocenters. The van der Waals surface area contributed by atoms with Crippen LogP contribution >= 0.6 is 11.5 Å². The maximum absolute atomic E-state index is 13.2. The third-order valence-corrected chi connectivity index (χ3v) is 10.7. The molecule has 240 valence electrons. The maximum Gasteiger partial charge on any atom is 0.255 e. The number of anilines is 1. The summed E-state index contributed by atoms with van der Waals surface area (Å²) >= 11 is 1.36. The van der Waals surface area contributed by atoms with Crippen LogP contribution in [-0.2, 0) is 17.8 Å². The van der Waals surface area contributed by atoms with Gasteiger partial charge in [-0.2, -0.15) is 0 Å². The lowest BCUT2D eigenvalue weighted by molar-refractivity contribution is 0.0272. The van der Waals surface area contributed by atoms with Gasteiger partial charge < -0.3 is 20.9 Å². The van der Waals surface area contributed by atoms with Crippen LogP contribution in [0.2, 0.25) is 0 Å². The minimum atomic E-state index is -0.220. The third-order valence-electron chi connectivity index (χ3n) is 9.86. The molecule has 7 rings (SSSR count). The lowest BCUT2D eigenvalue weighted by Crippen LogP contribution is -2.47. The van der Waals surface area contributed by atoms with Gasteiger partial charge in [0.05, 0.1) is 35.8 Å². The number of nitrogens with one attached hydrogen (secondary N) is 1. The molecular weight excluding hydrogens is 597 g/mol. The number of amides is 1. The van der Waals surface area contributed by atoms with Crippen LogP contribution in [0.1, 0.15) is 58.8 Å². The Balaban J connectivity index is 0.939. The minimum Gasteiger partial charge on any atom is -0.395 e. The van der Waals surface area contributed by atoms with Crippen molar-refractivity contribution in [2.75, 3.05) is 45.1 Å². The van der Waals surface area contributed by atoms with Crippen LogP contribution in [0.25, 0.3) is 21.6 Å². The summed E-state index contributed by atoms with van der Waals surface area (Å²) in [6, 6.07) is 19.8. The highest BCUT2D eigenvalue weighted by molar-refractivity contribution is 7.09. The standard InChI is InChI=1S/C36H42N6O3S/c37-35-30(21-28(22-38-35)34-12-13-39-46-34)36(44)40-31-2-1-3-33(31)45-23-24-4-6-25(7-5-24)26-8-10-29-27(20-26)9-11-32(29)42-16-14-41(15-17-42)18-19-43/h4-8,10,12-13,20-22,31-33,43H,1-3,9,11,14-19,23H2,(H2,37,38)(H,40,44)/t31-,32-,33-/m0/s1. The van der Waals surface area contributed by atoms with Crippen LogP contribution in [0.15, 0.2) is 67.0 Å². The number of rotatable bonds is 10. The van der Waals surface area contributed by atoms with Gasteiger partial charge in [0.1, 0.15) is 5.82 Å². The zero-order chi connectivity index (χ0) is 31.5. The number of aryl methyl sites for hydroxylation is 1. The third kappa shape index (κ3) is 6.72. The van der Waals surface area contributed by atoms with Gasteiger partial charge in [-0.3, -0.25) is 14.6 Å². The van der Waals surface area contributed by atoms with Crippen molar-refractivity contribution in [1.82, 2.24) is 24.5 Å². The number of hydrogen-bond acceptors (Lipinski definition) is 9. The molecule has 3 atom stereocenters. The molecular formula is C36H42N6O3S. The highest BCUT2D eigenvalue weighted by Gasteiger charge is 2.31. The number of carbonyl (C=O) groups excluding carboxylic acids is 1. The molecule has 1 saturated heterocycles. The smallest absolute Gasteiger partial charge is 0.255 e. The first-order valence-electron chi connectivity index (χ1n) is 16.4. The van der Waals surface area contributed by atoms with Crippen LogP contribution in [-0.4, -0.2) is 81.6 Å². The molecule has 2 aliphatic carbocycles. The van der Waals surface area contributed by atoms with Crippen molar-refractivity contribution >= 4 is 23.3 Å². The van der Waals surface area contributed by atoms with E-state index in [2.05, 4.69) is 66.9 Å². The van der Waals surface area contributed by atoms with E-state index in [0.29, 0.717) is 18.2 Å². The molecule has 0 spiro atoms. The molecule has 10 heteroatoms. The Morgan fingerprint density at radius 2 is 1.83 bits per heavy atom. The van der Waals surface area contributed by atoms with Crippen LogP contribution < -0.4 is 11.1 Å². The molecule has 2 fully saturated rings. The predicted molar refractivity (Wildman–Crippen MR) is 181 cm³/mol. The summed E-state index contributed by atoms with van der Waals surface area (Å²) in [5.41, 5.74) is 13.8. The molecule has 9 nitrogen and oxygen atoms in total. The van der Waals surface area contributed by atoms with Crippen molar-refractivity contribution < 1.29 is 14.6 Å². The van der Waals surface area contributed by atoms with Crippen LogP contribution in [0.3, 0.4) is 0 Å². The van der Waals surface area contributed by atoms with Crippen molar-refractivity contribution in [3.8, 4) is 21.6 Å². The first-order valence-corrected chi connectivity index (χ1v) is 17.2. The van der Waals surface area contributed by atoms with Gasteiger partial charge >= 0.3 is 0 Å². The normalized spacial score (nSPS) is 21.8. The SMILES string of the molecule is Nc1ncc(-c2ccns2)cc1C(=O)N[C@H]1CCC[C@@H]1OCc1ccc(-c2ccc3c(c2)CC[C@@H]3N2CCN(CCO)CC2)cc1. The second-order valence-electron chi connectivity index (χ2n) is 12.7. The summed E-state index contributed by atoms with van der Waals surface area (Å²) in [6.45, 7) is 5.72. The zero-order valence-electron chi connectivity index (χ0n) is 26.1. The van der Waals surface area contributed by atoms with Crippen LogP contribution in [0.4, 0.5) is 5.82 Å². The molecule has 4 N–H and O–H groups in total. The molecule has 1 saturated carbocycles. The van der Waals surface area contributed by atoms with Gasteiger partial charge in [-0.1, -0.05) is 42.5 Å². The number of nitrogen functional groups attached to an aromatic ring is 1. The van der Waals surface area contributed by atoms with Gasteiger partial charge in [-0.15, -0.1) is 0 Å². The lowest BCUT2D eigenvalue weighted by atomic mass is 9.98. The van der Waals surface area contributed by atoms with Crippen LogP contribution in [0.5, 0.6) is 0 Å². The first kappa shape index (κ1) is 31.0. The maximum atomic E-state index is 13.2. The molecule has 0 bridgehead atoms. The summed E-state index contributed by atoms with van der Waals surface area (Å²) in [5, 5.41) is 12.4. The number of piperazine rings is 1. The van der Waals surface area contributed by atoms with E-state index in [4.69, 9.17) is 10.5 Å². The Labute approximate surface area is 274 Å². The number of nitrogens with zero attached hydrogens (tertiary/aromatic N) is 4. The van der Waals surface area contributed by atoms with Crippen molar-refractivity contribution in [1.29, 1.82) is 0 Å². The van der Waals surface area contributed by atoms with E-state index < -0.39 is 0 Å². The Kier molecular flexibility index (Phi) is 9.41. The number of hydrogen-bond donors (Lipinski definition) is 3. The highest BCUT2D eigenvalue weighted by Crippen LogP contribution is 2.38. The van der Waals surface area contributed by atoms with E-state index >= 15 is 0 Å². The number of aliphatic hydroxyl groups is 1. The van der Waals surface area contributed by atoms with Gasteiger partial charge in [-0.25, -0.2) is 9.36 Å². The fraction of sp³-hybridized carbons (Fsp3) is 0.417. The first-order chi connectivity index (χ1) is 22.6. The van der Waals surface area contributed by atoms with Gasteiger partial charge in [0.15, 0.2) is 0 Å². The largest absolute Gasteiger partial charge is 0.395 e. The molecule has 3 aliphatic rings. The molecule has 3 heterocycles. The Bertz CT molecular complexity index is 1640. The fourth-order valence-electron chi connectivity index (χ4n) is 7.28. The number of aliphatic hydroxyl groups excluding tert-OH is 1. The van der Waals surface area contributed by atoms with E-state index in [9.17, 15) is 9.90 Å². The number of aromatic nitrogens is 2. The number of β-amino-alcohol motifs (C(OH)–C–C–N with tert-alkyl or cyclic N) is 1. The minimum absolute atomic E-state index is 0.0511. The topological polar surface area (TPSA) is 117 Å². The summed E-state index contributed by atoms with van der Waals surface area (Å²) in [6.07, 6.45) is 8.45. The Hall–Kier alpha value is -3.67. The number of carbonyl (C=O) groups is 1. The molecule has 46 heavy (non-hydrogen) atoms. The summed E-state index contributed by atoms with van der Waals surface area (Å²) in [4.78, 5) is 23.4. The molecule has 1 aliphatic heterocycles. The second-order valence-corrected chi connectivity index (χ2v) is 13.5. The average Bonchev–Trinajstić information content (AvgIpc) is 3.87. The van der Waals surface area contributed by atoms with Gasteiger partial charge in [0.2, 0.25) is 0 Å². The monoisotopic (exact) mass is 638 g/mol. The highest BCUT2D eigenvalue weighted by atomic mass is 32.1. The molecule has 4 aromatic rings. The van der Waals surface area contributed by atoms with Crippen molar-refractivity contribution in [2.45, 2.75) is 56.9 Å². The Morgan fingerprint density at radius 3 is 2.61 bits per heavy atom. The number of benzene rings is 2. The number of ether oxygens (including phenoxy) is 1. The quantitative estimate of drug-likeness (QED) is 0.224. The number of pyridine rings is 1. The van der Waals surface area contributed by atoms with E-state index in [1.54, 1.807) is 18.5 Å². The Morgan fingerprint density at radius 1 is 1.00 bits per heavy atom. The average molecular weight is 639 g/mol. The van der Waals surface area contributed by atoms with Crippen molar-refractivity contribution in [3.63, 3.8) is 0 Å². The lowest BCUT2D eigenvalue weighted by Gasteiger charge is -2.38. The summed E-state index contributed by atoms with van der Waals surface area (Å²) in [5.74, 6) is 0.000350. The van der Waals surface area contributed by atoms with E-state index in [1.165, 1.54) is 40.2 Å². The number of fused-ring (bicyclic) bond motifs is 1. The van der Waals surface area contributed by atoms with Gasteiger partial charge in [0, 0.05) is 56.7 Å². The van der Waals surface area contributed by atoms with Crippen molar-refractivity contribution in [2.24, 2.45) is 0 Å².